The highest BCUT2D eigenvalue weighted by atomic mass is 32.1. The van der Waals surface area contributed by atoms with Gasteiger partial charge < -0.3 is 0 Å². The number of rotatable bonds is 4. The average molecular weight is 408 g/mol. The number of anilines is 1. The van der Waals surface area contributed by atoms with E-state index in [2.05, 4.69) is 25.5 Å². The van der Waals surface area contributed by atoms with Gasteiger partial charge in [-0.2, -0.15) is 9.90 Å². The van der Waals surface area contributed by atoms with Gasteiger partial charge in [0.1, 0.15) is 17.2 Å². The van der Waals surface area contributed by atoms with E-state index in [1.54, 1.807) is 19.2 Å². The number of carbonyl (C=O) groups is 1. The highest BCUT2D eigenvalue weighted by molar-refractivity contribution is 7.14. The largest absolute Gasteiger partial charge is 0.296 e. The Morgan fingerprint density at radius 1 is 1.03 bits per heavy atom. The van der Waals surface area contributed by atoms with Gasteiger partial charge in [0.2, 0.25) is 0 Å². The van der Waals surface area contributed by atoms with Crippen LogP contribution in [-0.4, -0.2) is 30.9 Å². The maximum atomic E-state index is 13.2. The van der Waals surface area contributed by atoms with Crippen LogP contribution in [-0.2, 0) is 7.05 Å². The molecule has 0 atom stereocenters. The van der Waals surface area contributed by atoms with Gasteiger partial charge in [-0.25, -0.2) is 9.37 Å². The van der Waals surface area contributed by atoms with Crippen molar-refractivity contribution in [3.63, 3.8) is 0 Å². The fourth-order valence-electron chi connectivity index (χ4n) is 2.74. The van der Waals surface area contributed by atoms with E-state index in [-0.39, 0.29) is 11.5 Å². The number of halogens is 1. The van der Waals surface area contributed by atoms with Gasteiger partial charge in [-0.1, -0.05) is 6.07 Å². The monoisotopic (exact) mass is 408 g/mol. The third-order valence-electron chi connectivity index (χ3n) is 4.38. The Labute approximate surface area is 170 Å². The Bertz CT molecular complexity index is 1200. The van der Waals surface area contributed by atoms with Crippen LogP contribution >= 0.6 is 11.3 Å². The molecule has 7 nitrogen and oxygen atoms in total. The van der Waals surface area contributed by atoms with E-state index < -0.39 is 5.91 Å². The summed E-state index contributed by atoms with van der Waals surface area (Å²) in [6.45, 7) is 3.94. The molecule has 0 fully saturated rings. The predicted octanol–water partition coefficient (Wildman–Crippen LogP) is 4.01. The summed E-state index contributed by atoms with van der Waals surface area (Å²) >= 11 is 1.30. The van der Waals surface area contributed by atoms with Crippen molar-refractivity contribution in [3.8, 4) is 22.6 Å². The smallest absolute Gasteiger partial charge is 0.280 e. The Hall–Kier alpha value is -3.46. The van der Waals surface area contributed by atoms with Crippen molar-refractivity contribution in [3.05, 3.63) is 64.5 Å². The van der Waals surface area contributed by atoms with Crippen LogP contribution in [0.2, 0.25) is 0 Å². The van der Waals surface area contributed by atoms with Crippen molar-refractivity contribution in [2.24, 2.45) is 7.05 Å². The van der Waals surface area contributed by atoms with Gasteiger partial charge in [0.05, 0.1) is 5.69 Å². The van der Waals surface area contributed by atoms with Crippen LogP contribution < -0.4 is 5.32 Å². The molecular weight excluding hydrogens is 391 g/mol. The number of thiazole rings is 1. The number of hydrogen-bond donors (Lipinski definition) is 1. The topological polar surface area (TPSA) is 85.6 Å². The van der Waals surface area contributed by atoms with Crippen molar-refractivity contribution < 1.29 is 9.18 Å². The van der Waals surface area contributed by atoms with Crippen LogP contribution in [0, 0.1) is 19.7 Å². The molecular formula is C20H17FN6OS. The summed E-state index contributed by atoms with van der Waals surface area (Å²) in [5.41, 5.74) is 4.59. The first-order chi connectivity index (χ1) is 13.9. The van der Waals surface area contributed by atoms with Crippen molar-refractivity contribution in [1.82, 2.24) is 25.0 Å². The molecule has 29 heavy (non-hydrogen) atoms. The summed E-state index contributed by atoms with van der Waals surface area (Å²) in [7, 11) is 1.62. The third-order valence-corrected chi connectivity index (χ3v) is 5.14. The van der Waals surface area contributed by atoms with Crippen molar-refractivity contribution >= 4 is 22.4 Å². The minimum atomic E-state index is -0.439. The Morgan fingerprint density at radius 2 is 1.79 bits per heavy atom. The van der Waals surface area contributed by atoms with E-state index in [4.69, 9.17) is 0 Å². The molecule has 146 valence electrons. The number of benzene rings is 1. The molecule has 0 saturated heterocycles. The second kappa shape index (κ2) is 7.51. The standard InChI is InChI=1S/C20H17FN6OS/c1-11-4-9-15(22-12(11)2)16-10-29-20(23-16)24-19(28)18-17(25-27(3)26-18)13-5-7-14(21)8-6-13/h4-10H,1-3H3,(H,23,24,28). The zero-order valence-electron chi connectivity index (χ0n) is 16.0. The zero-order chi connectivity index (χ0) is 20.5. The number of aromatic nitrogens is 5. The van der Waals surface area contributed by atoms with Gasteiger partial charge in [-0.05, 0) is 49.7 Å². The Morgan fingerprint density at radius 3 is 2.52 bits per heavy atom. The van der Waals surface area contributed by atoms with E-state index in [1.807, 2.05) is 31.4 Å². The summed E-state index contributed by atoms with van der Waals surface area (Å²) in [5, 5.41) is 13.4. The van der Waals surface area contributed by atoms with Crippen molar-refractivity contribution in [2.45, 2.75) is 13.8 Å². The molecule has 0 aliphatic rings. The van der Waals surface area contributed by atoms with Gasteiger partial charge in [0.25, 0.3) is 5.91 Å². The molecule has 0 aliphatic carbocycles. The predicted molar refractivity (Wildman–Crippen MR) is 109 cm³/mol. The van der Waals surface area contributed by atoms with Crippen molar-refractivity contribution in [1.29, 1.82) is 0 Å². The molecule has 3 heterocycles. The average Bonchev–Trinajstić information content (AvgIpc) is 3.31. The van der Waals surface area contributed by atoms with E-state index in [0.717, 1.165) is 17.0 Å². The number of amides is 1. The van der Waals surface area contributed by atoms with Crippen molar-refractivity contribution in [2.75, 3.05) is 5.32 Å². The third kappa shape index (κ3) is 3.90. The zero-order valence-corrected chi connectivity index (χ0v) is 16.8. The van der Waals surface area contributed by atoms with Crippen LogP contribution in [0.5, 0.6) is 0 Å². The number of nitrogens with zero attached hydrogens (tertiary/aromatic N) is 5. The van der Waals surface area contributed by atoms with Crippen LogP contribution in [0.3, 0.4) is 0 Å². The summed E-state index contributed by atoms with van der Waals surface area (Å²) in [6, 6.07) is 9.64. The molecule has 4 rings (SSSR count). The maximum absolute atomic E-state index is 13.2. The first kappa shape index (κ1) is 18.9. The SMILES string of the molecule is Cc1ccc(-c2csc(NC(=O)c3nn(C)nc3-c3ccc(F)cc3)n2)nc1C. The van der Waals surface area contributed by atoms with Crippen LogP contribution in [0.4, 0.5) is 9.52 Å². The van der Waals surface area contributed by atoms with E-state index >= 15 is 0 Å². The van der Waals surface area contributed by atoms with Gasteiger partial charge in [-0.15, -0.1) is 16.4 Å². The molecule has 9 heteroatoms. The molecule has 0 radical (unpaired) electrons. The normalized spacial score (nSPS) is 10.9. The van der Waals surface area contributed by atoms with Crippen LogP contribution in [0.1, 0.15) is 21.7 Å². The van der Waals surface area contributed by atoms with Gasteiger partial charge >= 0.3 is 0 Å². The lowest BCUT2D eigenvalue weighted by molar-refractivity contribution is 0.102. The molecule has 1 amide bonds. The highest BCUT2D eigenvalue weighted by Gasteiger charge is 2.21. The van der Waals surface area contributed by atoms with Crippen LogP contribution in [0.25, 0.3) is 22.6 Å². The summed E-state index contributed by atoms with van der Waals surface area (Å²) in [4.78, 5) is 23.1. The molecule has 0 aliphatic heterocycles. The summed E-state index contributed by atoms with van der Waals surface area (Å²) in [5.74, 6) is -0.801. The number of pyridine rings is 1. The lowest BCUT2D eigenvalue weighted by Gasteiger charge is -2.02. The first-order valence-corrected chi connectivity index (χ1v) is 9.67. The summed E-state index contributed by atoms with van der Waals surface area (Å²) < 4.78 is 13.2. The second-order valence-electron chi connectivity index (χ2n) is 6.48. The van der Waals surface area contributed by atoms with E-state index in [1.165, 1.54) is 28.3 Å². The van der Waals surface area contributed by atoms with E-state index in [9.17, 15) is 9.18 Å². The maximum Gasteiger partial charge on any atom is 0.280 e. The quantitative estimate of drug-likeness (QED) is 0.551. The minimum Gasteiger partial charge on any atom is -0.296 e. The van der Waals surface area contributed by atoms with Gasteiger partial charge in [0, 0.05) is 23.7 Å². The van der Waals surface area contributed by atoms with E-state index in [0.29, 0.717) is 22.1 Å². The highest BCUT2D eigenvalue weighted by Crippen LogP contribution is 2.26. The molecule has 4 aromatic rings. The lowest BCUT2D eigenvalue weighted by Crippen LogP contribution is -2.14. The molecule has 1 N–H and O–H groups in total. The number of aryl methyl sites for hydroxylation is 3. The molecule has 0 spiro atoms. The van der Waals surface area contributed by atoms with Gasteiger partial charge in [-0.3, -0.25) is 15.1 Å². The number of nitrogens with one attached hydrogen (secondary N) is 1. The van der Waals surface area contributed by atoms with Gasteiger partial charge in [0.15, 0.2) is 10.8 Å². The molecule has 1 aromatic carbocycles. The minimum absolute atomic E-state index is 0.139. The molecule has 0 saturated carbocycles. The Balaban J connectivity index is 1.58. The first-order valence-electron chi connectivity index (χ1n) is 8.79. The number of hydrogen-bond acceptors (Lipinski definition) is 6. The number of carbonyl (C=O) groups excluding carboxylic acids is 1. The molecule has 0 bridgehead atoms. The molecule has 0 unspecified atom stereocenters. The fraction of sp³-hybridized carbons (Fsp3) is 0.150. The lowest BCUT2D eigenvalue weighted by atomic mass is 10.1. The van der Waals surface area contributed by atoms with Crippen LogP contribution in [0.15, 0.2) is 41.8 Å². The summed E-state index contributed by atoms with van der Waals surface area (Å²) in [6.07, 6.45) is 0. The Kier molecular flexibility index (Phi) is 4.89. The molecule has 3 aromatic heterocycles. The second-order valence-corrected chi connectivity index (χ2v) is 7.34. The fourth-order valence-corrected chi connectivity index (χ4v) is 3.44.